The molecule has 0 spiro atoms. The van der Waals surface area contributed by atoms with Crippen molar-refractivity contribution in [1.82, 2.24) is 9.88 Å². The zero-order valence-corrected chi connectivity index (χ0v) is 12.9. The summed E-state index contributed by atoms with van der Waals surface area (Å²) in [5.74, 6) is 1.10. The van der Waals surface area contributed by atoms with E-state index in [0.717, 1.165) is 50.3 Å². The molecule has 1 aliphatic heterocycles. The molecule has 114 valence electrons. The second kappa shape index (κ2) is 7.39. The molecule has 5 nitrogen and oxygen atoms in total. The highest BCUT2D eigenvalue weighted by Crippen LogP contribution is 2.18. The Labute approximate surface area is 126 Å². The predicted molar refractivity (Wildman–Crippen MR) is 83.2 cm³/mol. The summed E-state index contributed by atoms with van der Waals surface area (Å²) in [5.41, 5.74) is 2.52. The van der Waals surface area contributed by atoms with Crippen molar-refractivity contribution in [1.29, 1.82) is 5.26 Å². The van der Waals surface area contributed by atoms with Crippen LogP contribution >= 0.6 is 0 Å². The molecule has 1 aromatic rings. The zero-order chi connectivity index (χ0) is 15.2. The highest BCUT2D eigenvalue weighted by atomic mass is 16.3. The molecule has 0 radical (unpaired) electrons. The molecule has 1 saturated heterocycles. The van der Waals surface area contributed by atoms with E-state index in [-0.39, 0.29) is 6.61 Å². The summed E-state index contributed by atoms with van der Waals surface area (Å²) in [5, 5.41) is 21.8. The average Bonchev–Trinajstić information content (AvgIpc) is 2.47. The fourth-order valence-corrected chi connectivity index (χ4v) is 2.94. The number of aryl methyl sites for hydroxylation is 2. The molecule has 0 unspecified atom stereocenters. The molecule has 0 bridgehead atoms. The van der Waals surface area contributed by atoms with E-state index in [2.05, 4.69) is 21.3 Å². The van der Waals surface area contributed by atoms with E-state index in [1.807, 2.05) is 19.9 Å². The number of nitrogens with zero attached hydrogens (tertiary/aromatic N) is 3. The molecule has 0 saturated carbocycles. The van der Waals surface area contributed by atoms with Crippen LogP contribution in [0.3, 0.4) is 0 Å². The van der Waals surface area contributed by atoms with Crippen LogP contribution in [0.1, 0.15) is 29.7 Å². The predicted octanol–water partition coefficient (Wildman–Crippen LogP) is 1.69. The first-order valence-electron chi connectivity index (χ1n) is 7.59. The van der Waals surface area contributed by atoms with Gasteiger partial charge in [0.1, 0.15) is 11.9 Å². The summed E-state index contributed by atoms with van der Waals surface area (Å²) in [6.45, 7) is 7.89. The van der Waals surface area contributed by atoms with E-state index in [0.29, 0.717) is 17.3 Å². The van der Waals surface area contributed by atoms with E-state index in [1.54, 1.807) is 0 Å². The molecule has 5 heteroatoms. The molecule has 21 heavy (non-hydrogen) atoms. The Kier molecular flexibility index (Phi) is 5.54. The quantitative estimate of drug-likeness (QED) is 0.862. The summed E-state index contributed by atoms with van der Waals surface area (Å²) < 4.78 is 0. The molecule has 0 amide bonds. The Bertz CT molecular complexity index is 524. The molecule has 0 aromatic carbocycles. The molecule has 2 N–H and O–H groups in total. The van der Waals surface area contributed by atoms with Crippen molar-refractivity contribution in [2.24, 2.45) is 5.92 Å². The summed E-state index contributed by atoms with van der Waals surface area (Å²) >= 11 is 0. The first-order valence-corrected chi connectivity index (χ1v) is 7.59. The van der Waals surface area contributed by atoms with Crippen LogP contribution in [0.25, 0.3) is 0 Å². The minimum atomic E-state index is 0.279. The number of rotatable bonds is 5. The van der Waals surface area contributed by atoms with Gasteiger partial charge < -0.3 is 15.3 Å². The molecule has 1 aliphatic rings. The lowest BCUT2D eigenvalue weighted by Crippen LogP contribution is -2.39. The van der Waals surface area contributed by atoms with Gasteiger partial charge in [0.25, 0.3) is 0 Å². The third-order valence-electron chi connectivity index (χ3n) is 4.04. The van der Waals surface area contributed by atoms with Gasteiger partial charge in [0.15, 0.2) is 0 Å². The third-order valence-corrected chi connectivity index (χ3v) is 4.04. The van der Waals surface area contributed by atoms with Crippen LogP contribution in [0.4, 0.5) is 5.82 Å². The fraction of sp³-hybridized carbons (Fsp3) is 0.625. The van der Waals surface area contributed by atoms with Crippen LogP contribution in [0.2, 0.25) is 0 Å². The smallest absolute Gasteiger partial charge is 0.144 e. The van der Waals surface area contributed by atoms with Crippen molar-refractivity contribution < 1.29 is 5.11 Å². The number of aliphatic hydroxyl groups excluding tert-OH is 1. The van der Waals surface area contributed by atoms with E-state index in [1.165, 1.54) is 0 Å². The van der Waals surface area contributed by atoms with Crippen LogP contribution in [0.5, 0.6) is 0 Å². The van der Waals surface area contributed by atoms with E-state index in [4.69, 9.17) is 0 Å². The molecule has 2 rings (SSSR count). The standard InChI is InChI=1S/C16H24N4O/c1-12-8-13(2)19-16(15(12)9-17)18-5-7-20-6-3-4-14(10-20)11-21/h8,14,21H,3-7,10-11H2,1-2H3,(H,18,19)/t14-/m0/s1. The minimum absolute atomic E-state index is 0.279. The Morgan fingerprint density at radius 1 is 1.52 bits per heavy atom. The van der Waals surface area contributed by atoms with Gasteiger partial charge in [-0.25, -0.2) is 4.98 Å². The number of anilines is 1. The van der Waals surface area contributed by atoms with E-state index in [9.17, 15) is 10.4 Å². The van der Waals surface area contributed by atoms with Gasteiger partial charge in [0, 0.05) is 31.9 Å². The highest BCUT2D eigenvalue weighted by Gasteiger charge is 2.18. The normalized spacial score (nSPS) is 19.2. The average molecular weight is 288 g/mol. The number of aromatic nitrogens is 1. The van der Waals surface area contributed by atoms with Crippen molar-refractivity contribution in [3.05, 3.63) is 22.9 Å². The number of hydrogen-bond acceptors (Lipinski definition) is 5. The van der Waals surface area contributed by atoms with Crippen LogP contribution in [0.15, 0.2) is 6.07 Å². The molecule has 2 heterocycles. The van der Waals surface area contributed by atoms with Crippen LogP contribution < -0.4 is 5.32 Å². The van der Waals surface area contributed by atoms with Gasteiger partial charge in [-0.05, 0) is 50.8 Å². The van der Waals surface area contributed by atoms with Crippen molar-refractivity contribution in [2.45, 2.75) is 26.7 Å². The van der Waals surface area contributed by atoms with Crippen molar-refractivity contribution in [3.63, 3.8) is 0 Å². The van der Waals surface area contributed by atoms with Gasteiger partial charge in [0.05, 0.1) is 5.56 Å². The van der Waals surface area contributed by atoms with Crippen LogP contribution in [-0.2, 0) is 0 Å². The van der Waals surface area contributed by atoms with Crippen LogP contribution in [-0.4, -0.2) is 47.8 Å². The molecule has 1 aromatic heterocycles. The molecule has 0 aliphatic carbocycles. The van der Waals surface area contributed by atoms with Gasteiger partial charge >= 0.3 is 0 Å². The Balaban J connectivity index is 1.90. The maximum atomic E-state index is 9.25. The van der Waals surface area contributed by atoms with E-state index >= 15 is 0 Å². The molecular weight excluding hydrogens is 264 g/mol. The summed E-state index contributed by atoms with van der Waals surface area (Å²) in [4.78, 5) is 6.79. The molecule has 1 atom stereocenters. The SMILES string of the molecule is Cc1cc(C)c(C#N)c(NCCN2CCC[C@H](CO)C2)n1. The zero-order valence-electron chi connectivity index (χ0n) is 12.9. The lowest BCUT2D eigenvalue weighted by atomic mass is 9.99. The third kappa shape index (κ3) is 4.16. The first-order chi connectivity index (χ1) is 10.1. The van der Waals surface area contributed by atoms with Gasteiger partial charge in [-0.15, -0.1) is 0 Å². The molecule has 1 fully saturated rings. The number of aliphatic hydroxyl groups is 1. The number of nitriles is 1. The lowest BCUT2D eigenvalue weighted by molar-refractivity contribution is 0.123. The number of piperidine rings is 1. The Morgan fingerprint density at radius 2 is 2.33 bits per heavy atom. The Hall–Kier alpha value is -1.64. The summed E-state index contributed by atoms with van der Waals surface area (Å²) in [6, 6.07) is 4.15. The minimum Gasteiger partial charge on any atom is -0.396 e. The van der Waals surface area contributed by atoms with Crippen molar-refractivity contribution in [3.8, 4) is 6.07 Å². The van der Waals surface area contributed by atoms with Crippen molar-refractivity contribution >= 4 is 5.82 Å². The number of hydrogen-bond donors (Lipinski definition) is 2. The first kappa shape index (κ1) is 15.7. The van der Waals surface area contributed by atoms with Crippen LogP contribution in [0, 0.1) is 31.1 Å². The lowest BCUT2D eigenvalue weighted by Gasteiger charge is -2.31. The molecular formula is C16H24N4O. The maximum Gasteiger partial charge on any atom is 0.144 e. The maximum absolute atomic E-state index is 9.25. The summed E-state index contributed by atoms with van der Waals surface area (Å²) in [6.07, 6.45) is 2.27. The number of likely N-dealkylation sites (tertiary alicyclic amines) is 1. The fourth-order valence-electron chi connectivity index (χ4n) is 2.94. The Morgan fingerprint density at radius 3 is 3.05 bits per heavy atom. The largest absolute Gasteiger partial charge is 0.396 e. The van der Waals surface area contributed by atoms with Gasteiger partial charge in [-0.1, -0.05) is 0 Å². The number of pyridine rings is 1. The van der Waals surface area contributed by atoms with Gasteiger partial charge in [-0.3, -0.25) is 0 Å². The highest BCUT2D eigenvalue weighted by molar-refractivity contribution is 5.56. The van der Waals surface area contributed by atoms with E-state index < -0.39 is 0 Å². The topological polar surface area (TPSA) is 72.2 Å². The second-order valence-electron chi connectivity index (χ2n) is 5.83. The second-order valence-corrected chi connectivity index (χ2v) is 5.83. The summed E-state index contributed by atoms with van der Waals surface area (Å²) in [7, 11) is 0. The monoisotopic (exact) mass is 288 g/mol. The number of nitrogens with one attached hydrogen (secondary N) is 1. The van der Waals surface area contributed by atoms with Gasteiger partial charge in [-0.2, -0.15) is 5.26 Å². The van der Waals surface area contributed by atoms with Crippen molar-refractivity contribution in [2.75, 3.05) is 38.1 Å². The van der Waals surface area contributed by atoms with Gasteiger partial charge in [0.2, 0.25) is 0 Å².